The molecule has 224 valence electrons. The van der Waals surface area contributed by atoms with Gasteiger partial charge in [-0.25, -0.2) is 9.67 Å². The fourth-order valence-corrected chi connectivity index (χ4v) is 6.54. The summed E-state index contributed by atoms with van der Waals surface area (Å²) in [4.78, 5) is 24.0. The lowest BCUT2D eigenvalue weighted by atomic mass is 9.78. The number of piperazine rings is 1. The third-order valence-electron chi connectivity index (χ3n) is 9.09. The quantitative estimate of drug-likeness (QED) is 0.409. The van der Waals surface area contributed by atoms with Gasteiger partial charge in [0.15, 0.2) is 0 Å². The summed E-state index contributed by atoms with van der Waals surface area (Å²) in [6.45, 7) is 10.4. The second-order valence-electron chi connectivity index (χ2n) is 12.4. The Morgan fingerprint density at radius 3 is 2.57 bits per heavy atom. The van der Waals surface area contributed by atoms with Gasteiger partial charge < -0.3 is 14.5 Å². The van der Waals surface area contributed by atoms with Gasteiger partial charge in [0, 0.05) is 43.5 Å². The van der Waals surface area contributed by atoms with Crippen LogP contribution in [0.4, 0.5) is 18.9 Å². The van der Waals surface area contributed by atoms with Crippen molar-refractivity contribution in [3.63, 3.8) is 0 Å². The molecule has 0 aliphatic carbocycles. The lowest BCUT2D eigenvalue weighted by Crippen LogP contribution is -2.53. The molecule has 8 nitrogen and oxygen atoms in total. The first kappa shape index (κ1) is 28.8. The van der Waals surface area contributed by atoms with Crippen molar-refractivity contribution in [3.8, 4) is 0 Å². The molecule has 11 heteroatoms. The maximum absolute atomic E-state index is 14.4. The van der Waals surface area contributed by atoms with E-state index in [0.29, 0.717) is 43.5 Å². The number of alkyl halides is 3. The molecule has 1 atom stereocenters. The van der Waals surface area contributed by atoms with Crippen LogP contribution in [0.2, 0.25) is 0 Å². The number of likely N-dealkylation sites (N-methyl/N-ethyl adjacent to an activating group) is 1. The van der Waals surface area contributed by atoms with E-state index in [1.807, 2.05) is 29.8 Å². The Balaban J connectivity index is 1.31. The van der Waals surface area contributed by atoms with Gasteiger partial charge >= 0.3 is 6.18 Å². The summed E-state index contributed by atoms with van der Waals surface area (Å²) >= 11 is 0. The van der Waals surface area contributed by atoms with Crippen LogP contribution >= 0.6 is 0 Å². The molecule has 0 radical (unpaired) electrons. The summed E-state index contributed by atoms with van der Waals surface area (Å²) in [5, 5.41) is 4.32. The number of halogens is 3. The molecule has 4 heterocycles. The number of benzene rings is 2. The number of nitrogens with zero attached hydrogens (tertiary/aromatic N) is 6. The minimum absolute atomic E-state index is 0.0420. The molecule has 6 rings (SSSR count). The summed E-state index contributed by atoms with van der Waals surface area (Å²) in [6.07, 6.45) is -3.06. The van der Waals surface area contributed by atoms with E-state index in [2.05, 4.69) is 40.8 Å². The van der Waals surface area contributed by atoms with Gasteiger partial charge in [-0.05, 0) is 60.8 Å². The van der Waals surface area contributed by atoms with Gasteiger partial charge in [0.25, 0.3) is 5.91 Å². The van der Waals surface area contributed by atoms with Gasteiger partial charge in [-0.15, -0.1) is 0 Å². The predicted molar refractivity (Wildman–Crippen MR) is 152 cm³/mol. The molecule has 3 aliphatic rings. The third-order valence-corrected chi connectivity index (χ3v) is 9.09. The van der Waals surface area contributed by atoms with E-state index < -0.39 is 17.6 Å². The highest BCUT2D eigenvalue weighted by atomic mass is 19.4. The van der Waals surface area contributed by atoms with Gasteiger partial charge in [0.05, 0.1) is 37.3 Å². The molecule has 3 aliphatic heterocycles. The Hall–Kier alpha value is -3.28. The summed E-state index contributed by atoms with van der Waals surface area (Å²) in [7, 11) is 2.07. The monoisotopic (exact) mass is 582 g/mol. The number of ether oxygens (including phenoxy) is 1. The summed E-state index contributed by atoms with van der Waals surface area (Å²) in [5.74, 6) is 0.736. The van der Waals surface area contributed by atoms with E-state index in [0.717, 1.165) is 31.0 Å². The number of aromatic nitrogens is 3. The molecule has 2 saturated heterocycles. The van der Waals surface area contributed by atoms with Crippen molar-refractivity contribution in [2.24, 2.45) is 5.92 Å². The second-order valence-corrected chi connectivity index (χ2v) is 12.4. The van der Waals surface area contributed by atoms with E-state index in [9.17, 15) is 18.0 Å². The Morgan fingerprint density at radius 1 is 1.14 bits per heavy atom. The molecule has 1 unspecified atom stereocenters. The number of carbonyl (C=O) groups excluding carboxylic acids is 1. The topological polar surface area (TPSA) is 66.7 Å². The summed E-state index contributed by atoms with van der Waals surface area (Å²) in [6, 6.07) is 10.7. The van der Waals surface area contributed by atoms with E-state index in [4.69, 9.17) is 4.74 Å². The van der Waals surface area contributed by atoms with Crippen LogP contribution in [-0.2, 0) is 36.0 Å². The number of fused-ring (bicyclic) bond motifs is 1. The lowest BCUT2D eigenvalue weighted by Gasteiger charge is -2.42. The highest BCUT2D eigenvalue weighted by molar-refractivity contribution is 6.10. The fourth-order valence-electron chi connectivity index (χ4n) is 6.54. The van der Waals surface area contributed by atoms with Crippen LogP contribution in [0.15, 0.2) is 42.7 Å². The van der Waals surface area contributed by atoms with Crippen molar-refractivity contribution in [1.29, 1.82) is 0 Å². The molecule has 2 aromatic carbocycles. The largest absolute Gasteiger partial charge is 0.416 e. The number of anilines is 1. The first-order valence-electron chi connectivity index (χ1n) is 14.5. The van der Waals surface area contributed by atoms with Crippen molar-refractivity contribution in [2.75, 3.05) is 44.8 Å². The van der Waals surface area contributed by atoms with E-state index in [1.165, 1.54) is 17.3 Å². The summed E-state index contributed by atoms with van der Waals surface area (Å²) < 4.78 is 50.7. The van der Waals surface area contributed by atoms with Crippen LogP contribution in [-0.4, -0.2) is 76.4 Å². The average Bonchev–Trinajstić information content (AvgIpc) is 3.48. The van der Waals surface area contributed by atoms with E-state index >= 15 is 0 Å². The van der Waals surface area contributed by atoms with E-state index in [-0.39, 0.29) is 29.1 Å². The molecule has 3 aromatic rings. The zero-order chi connectivity index (χ0) is 29.8. The highest BCUT2D eigenvalue weighted by Gasteiger charge is 2.43. The smallest absolute Gasteiger partial charge is 0.379 e. The number of rotatable bonds is 7. The predicted octanol–water partition coefficient (Wildman–Crippen LogP) is 4.51. The molecule has 1 amide bonds. The lowest BCUT2D eigenvalue weighted by molar-refractivity contribution is -0.138. The average molecular weight is 583 g/mol. The van der Waals surface area contributed by atoms with Crippen LogP contribution < -0.4 is 4.90 Å². The maximum atomic E-state index is 14.4. The molecular formula is C31H37F3N6O2. The van der Waals surface area contributed by atoms with Crippen molar-refractivity contribution in [3.05, 3.63) is 76.4 Å². The van der Waals surface area contributed by atoms with Crippen LogP contribution in [0.25, 0.3) is 0 Å². The van der Waals surface area contributed by atoms with Gasteiger partial charge in [-0.3, -0.25) is 9.69 Å². The van der Waals surface area contributed by atoms with Crippen LogP contribution in [0.5, 0.6) is 0 Å². The summed E-state index contributed by atoms with van der Waals surface area (Å²) in [5.41, 5.74) is 1.15. The Morgan fingerprint density at radius 2 is 1.93 bits per heavy atom. The van der Waals surface area contributed by atoms with Gasteiger partial charge in [0.1, 0.15) is 12.2 Å². The molecule has 0 spiro atoms. The van der Waals surface area contributed by atoms with Crippen LogP contribution in [0.3, 0.4) is 0 Å². The normalized spacial score (nSPS) is 21.2. The van der Waals surface area contributed by atoms with Gasteiger partial charge in [0.2, 0.25) is 0 Å². The molecule has 1 aromatic heterocycles. The maximum Gasteiger partial charge on any atom is 0.416 e. The molecule has 2 fully saturated rings. The molecule has 0 bridgehead atoms. The number of hydrogen-bond acceptors (Lipinski definition) is 6. The van der Waals surface area contributed by atoms with Crippen LogP contribution in [0, 0.1) is 12.8 Å². The first-order chi connectivity index (χ1) is 19.9. The first-order valence-corrected chi connectivity index (χ1v) is 14.5. The molecule has 0 saturated carbocycles. The van der Waals surface area contributed by atoms with Crippen LogP contribution in [0.1, 0.15) is 52.3 Å². The van der Waals surface area contributed by atoms with Crippen molar-refractivity contribution >= 4 is 11.6 Å². The number of hydrogen-bond donors (Lipinski definition) is 0. The minimum atomic E-state index is -4.57. The number of aryl methyl sites for hydroxylation is 1. The number of carbonyl (C=O) groups is 1. The van der Waals surface area contributed by atoms with Crippen molar-refractivity contribution in [1.82, 2.24) is 24.6 Å². The van der Waals surface area contributed by atoms with E-state index in [1.54, 1.807) is 12.1 Å². The second kappa shape index (κ2) is 10.8. The van der Waals surface area contributed by atoms with Crippen molar-refractivity contribution in [2.45, 2.75) is 58.0 Å². The standard InChI is InChI=1S/C31H37F3N6O2/c1-20(2)28-15-37(4)8-9-38(28)13-22-10-25-26(27(11-22)31(32,33)34)14-39(29(25)41)24-7-5-6-23(12-24)30(17-42-18-30)16-40-21(3)35-19-36-40/h5-7,10-12,19-20,28H,8-9,13-18H2,1-4H3. The minimum Gasteiger partial charge on any atom is -0.379 e. The number of amides is 1. The highest BCUT2D eigenvalue weighted by Crippen LogP contribution is 2.41. The molecule has 42 heavy (non-hydrogen) atoms. The fraction of sp³-hybridized carbons (Fsp3) is 0.516. The zero-order valence-electron chi connectivity index (χ0n) is 24.5. The Kier molecular flexibility index (Phi) is 7.39. The SMILES string of the molecule is Cc1ncnn1CC1(c2cccc(N3Cc4c(cc(CN5CCN(C)CC5C(C)C)cc4C(F)(F)F)C3=O)c2)COC1. The Bertz CT molecular complexity index is 1480. The zero-order valence-corrected chi connectivity index (χ0v) is 24.5. The third kappa shape index (κ3) is 5.22. The van der Waals surface area contributed by atoms with Crippen molar-refractivity contribution < 1.29 is 22.7 Å². The molecule has 0 N–H and O–H groups in total. The Labute approximate surface area is 244 Å². The van der Waals surface area contributed by atoms with Gasteiger partial charge in [-0.1, -0.05) is 26.0 Å². The van der Waals surface area contributed by atoms with Gasteiger partial charge in [-0.2, -0.15) is 18.3 Å². The molecular weight excluding hydrogens is 545 g/mol.